The summed E-state index contributed by atoms with van der Waals surface area (Å²) in [5, 5.41) is 9.47. The number of aliphatic hydroxyl groups is 1. The monoisotopic (exact) mass is 177 g/mol. The molecule has 0 radical (unpaired) electrons. The maximum absolute atomic E-state index is 10.5. The van der Waals surface area contributed by atoms with Gasteiger partial charge in [0, 0.05) is 12.0 Å². The van der Waals surface area contributed by atoms with Crippen LogP contribution in [0.15, 0.2) is 18.2 Å². The van der Waals surface area contributed by atoms with Gasteiger partial charge in [0.2, 0.25) is 0 Å². The minimum atomic E-state index is -0.503. The SMILES string of the molecule is NC1c2cc(C=O)ccc2CC1O. The molecule has 3 heteroatoms. The topological polar surface area (TPSA) is 63.3 Å². The third-order valence-electron chi connectivity index (χ3n) is 2.51. The molecular weight excluding hydrogens is 166 g/mol. The number of fused-ring (bicyclic) bond motifs is 1. The molecule has 0 fully saturated rings. The van der Waals surface area contributed by atoms with Crippen molar-refractivity contribution in [3.8, 4) is 0 Å². The molecule has 0 heterocycles. The Labute approximate surface area is 76.2 Å². The van der Waals surface area contributed by atoms with E-state index in [0.717, 1.165) is 17.4 Å². The van der Waals surface area contributed by atoms with Crippen molar-refractivity contribution >= 4 is 6.29 Å². The largest absolute Gasteiger partial charge is 0.391 e. The van der Waals surface area contributed by atoms with Gasteiger partial charge in [-0.3, -0.25) is 4.79 Å². The lowest BCUT2D eigenvalue weighted by Crippen LogP contribution is -2.21. The minimum Gasteiger partial charge on any atom is -0.391 e. The minimum absolute atomic E-state index is 0.338. The van der Waals surface area contributed by atoms with E-state index in [1.165, 1.54) is 0 Å². The Kier molecular flexibility index (Phi) is 1.90. The number of nitrogens with two attached hydrogens (primary N) is 1. The molecule has 0 amide bonds. The summed E-state index contributed by atoms with van der Waals surface area (Å²) < 4.78 is 0. The second kappa shape index (κ2) is 2.94. The van der Waals surface area contributed by atoms with Gasteiger partial charge in [-0.25, -0.2) is 0 Å². The van der Waals surface area contributed by atoms with Crippen LogP contribution in [-0.4, -0.2) is 17.5 Å². The van der Waals surface area contributed by atoms with Gasteiger partial charge in [0.15, 0.2) is 0 Å². The molecule has 1 aromatic carbocycles. The van der Waals surface area contributed by atoms with Crippen LogP contribution >= 0.6 is 0 Å². The lowest BCUT2D eigenvalue weighted by molar-refractivity contribution is 0.112. The van der Waals surface area contributed by atoms with Gasteiger partial charge >= 0.3 is 0 Å². The van der Waals surface area contributed by atoms with Gasteiger partial charge in [0.1, 0.15) is 6.29 Å². The molecule has 3 nitrogen and oxygen atoms in total. The molecule has 1 aliphatic rings. The van der Waals surface area contributed by atoms with E-state index < -0.39 is 6.10 Å². The average molecular weight is 177 g/mol. The third-order valence-corrected chi connectivity index (χ3v) is 2.51. The van der Waals surface area contributed by atoms with Crippen LogP contribution in [0.2, 0.25) is 0 Å². The Morgan fingerprint density at radius 2 is 2.31 bits per heavy atom. The van der Waals surface area contributed by atoms with Crippen molar-refractivity contribution in [1.82, 2.24) is 0 Å². The number of carbonyl (C=O) groups is 1. The Morgan fingerprint density at radius 1 is 1.54 bits per heavy atom. The predicted molar refractivity (Wildman–Crippen MR) is 48.5 cm³/mol. The zero-order chi connectivity index (χ0) is 9.42. The zero-order valence-electron chi connectivity index (χ0n) is 7.10. The summed E-state index contributed by atoms with van der Waals surface area (Å²) in [6, 6.07) is 5.02. The molecular formula is C10H11NO2. The van der Waals surface area contributed by atoms with Crippen LogP contribution in [0.25, 0.3) is 0 Å². The second-order valence-electron chi connectivity index (χ2n) is 3.37. The number of hydrogen-bond donors (Lipinski definition) is 2. The van der Waals surface area contributed by atoms with Crippen molar-refractivity contribution in [3.05, 3.63) is 34.9 Å². The van der Waals surface area contributed by atoms with Crippen molar-refractivity contribution in [2.75, 3.05) is 0 Å². The van der Waals surface area contributed by atoms with E-state index in [4.69, 9.17) is 5.73 Å². The quantitative estimate of drug-likeness (QED) is 0.611. The molecule has 0 aromatic heterocycles. The van der Waals surface area contributed by atoms with Crippen LogP contribution in [-0.2, 0) is 6.42 Å². The molecule has 2 atom stereocenters. The fourth-order valence-electron chi connectivity index (χ4n) is 1.74. The summed E-state index contributed by atoms with van der Waals surface area (Å²) in [6.45, 7) is 0. The highest BCUT2D eigenvalue weighted by molar-refractivity contribution is 5.75. The van der Waals surface area contributed by atoms with E-state index in [1.807, 2.05) is 6.07 Å². The van der Waals surface area contributed by atoms with E-state index in [0.29, 0.717) is 12.0 Å². The van der Waals surface area contributed by atoms with Crippen LogP contribution < -0.4 is 5.73 Å². The molecule has 0 saturated heterocycles. The first kappa shape index (κ1) is 8.41. The highest BCUT2D eigenvalue weighted by Crippen LogP contribution is 2.29. The van der Waals surface area contributed by atoms with Crippen molar-refractivity contribution in [3.63, 3.8) is 0 Å². The maximum Gasteiger partial charge on any atom is 0.150 e. The fourth-order valence-corrected chi connectivity index (χ4v) is 1.74. The summed E-state index contributed by atoms with van der Waals surface area (Å²) in [4.78, 5) is 10.5. The summed E-state index contributed by atoms with van der Waals surface area (Å²) in [6.07, 6.45) is 0.879. The number of benzene rings is 1. The summed E-state index contributed by atoms with van der Waals surface area (Å²) in [5.41, 5.74) is 8.31. The Morgan fingerprint density at radius 3 is 3.00 bits per heavy atom. The Bertz CT molecular complexity index is 349. The third kappa shape index (κ3) is 1.26. The predicted octanol–water partition coefficient (Wildman–Crippen LogP) is 0.416. The smallest absolute Gasteiger partial charge is 0.150 e. The van der Waals surface area contributed by atoms with E-state index in [-0.39, 0.29) is 6.04 Å². The van der Waals surface area contributed by atoms with E-state index in [1.54, 1.807) is 12.1 Å². The first-order chi connectivity index (χ1) is 6.22. The molecule has 68 valence electrons. The van der Waals surface area contributed by atoms with E-state index >= 15 is 0 Å². The van der Waals surface area contributed by atoms with E-state index in [2.05, 4.69) is 0 Å². The lowest BCUT2D eigenvalue weighted by Gasteiger charge is -2.08. The Hall–Kier alpha value is -1.19. The number of rotatable bonds is 1. The van der Waals surface area contributed by atoms with E-state index in [9.17, 15) is 9.90 Å². The Balaban J connectivity index is 2.47. The van der Waals surface area contributed by atoms with Gasteiger partial charge in [0.25, 0.3) is 0 Å². The molecule has 2 unspecified atom stereocenters. The highest BCUT2D eigenvalue weighted by atomic mass is 16.3. The van der Waals surface area contributed by atoms with Crippen LogP contribution in [0.5, 0.6) is 0 Å². The number of hydrogen-bond acceptors (Lipinski definition) is 3. The van der Waals surface area contributed by atoms with Gasteiger partial charge in [-0.1, -0.05) is 12.1 Å². The van der Waals surface area contributed by atoms with Crippen molar-refractivity contribution in [2.45, 2.75) is 18.6 Å². The number of carbonyl (C=O) groups excluding carboxylic acids is 1. The second-order valence-corrected chi connectivity index (χ2v) is 3.37. The first-order valence-corrected chi connectivity index (χ1v) is 4.24. The molecule has 13 heavy (non-hydrogen) atoms. The lowest BCUT2D eigenvalue weighted by atomic mass is 10.1. The van der Waals surface area contributed by atoms with Crippen molar-refractivity contribution < 1.29 is 9.90 Å². The molecule has 0 aliphatic heterocycles. The van der Waals surface area contributed by atoms with Crippen LogP contribution in [0.4, 0.5) is 0 Å². The highest BCUT2D eigenvalue weighted by Gasteiger charge is 2.27. The van der Waals surface area contributed by atoms with Gasteiger partial charge in [-0.15, -0.1) is 0 Å². The summed E-state index contributed by atoms with van der Waals surface area (Å²) in [7, 11) is 0. The average Bonchev–Trinajstić information content (AvgIpc) is 2.43. The van der Waals surface area contributed by atoms with Crippen LogP contribution in [0.1, 0.15) is 27.5 Å². The molecule has 2 rings (SSSR count). The molecule has 0 spiro atoms. The molecule has 1 aromatic rings. The standard InChI is InChI=1S/C10H11NO2/c11-10-8-3-6(5-12)1-2-7(8)4-9(10)13/h1-3,5,9-10,13H,4,11H2. The van der Waals surface area contributed by atoms with Gasteiger partial charge < -0.3 is 10.8 Å². The van der Waals surface area contributed by atoms with Crippen LogP contribution in [0, 0.1) is 0 Å². The van der Waals surface area contributed by atoms with Crippen LogP contribution in [0.3, 0.4) is 0 Å². The van der Waals surface area contributed by atoms with Gasteiger partial charge in [0.05, 0.1) is 12.1 Å². The normalized spacial score (nSPS) is 25.7. The maximum atomic E-state index is 10.5. The zero-order valence-corrected chi connectivity index (χ0v) is 7.10. The van der Waals surface area contributed by atoms with Gasteiger partial charge in [-0.2, -0.15) is 0 Å². The summed E-state index contributed by atoms with van der Waals surface area (Å²) >= 11 is 0. The molecule has 3 N–H and O–H groups in total. The number of aldehydes is 1. The molecule has 1 aliphatic carbocycles. The first-order valence-electron chi connectivity index (χ1n) is 4.24. The summed E-state index contributed by atoms with van der Waals surface area (Å²) in [5.74, 6) is 0. The molecule has 0 bridgehead atoms. The van der Waals surface area contributed by atoms with Crippen molar-refractivity contribution in [1.29, 1.82) is 0 Å². The fraction of sp³-hybridized carbons (Fsp3) is 0.300. The number of aliphatic hydroxyl groups excluding tert-OH is 1. The molecule has 0 saturated carbocycles. The van der Waals surface area contributed by atoms with Gasteiger partial charge in [-0.05, 0) is 17.2 Å². The van der Waals surface area contributed by atoms with Crippen molar-refractivity contribution in [2.24, 2.45) is 5.73 Å².